The molecule has 0 radical (unpaired) electrons. The van der Waals surface area contributed by atoms with E-state index in [1.54, 1.807) is 12.1 Å². The van der Waals surface area contributed by atoms with Crippen LogP contribution in [0.3, 0.4) is 0 Å². The lowest BCUT2D eigenvalue weighted by Gasteiger charge is -2.34. The third-order valence-corrected chi connectivity index (χ3v) is 7.97. The Bertz CT molecular complexity index is 1390. The zero-order valence-corrected chi connectivity index (χ0v) is 25.1. The van der Waals surface area contributed by atoms with Crippen LogP contribution >= 0.6 is 0 Å². The highest BCUT2D eigenvalue weighted by molar-refractivity contribution is 7.92. The van der Waals surface area contributed by atoms with E-state index in [0.717, 1.165) is 32.8 Å². The fourth-order valence-electron chi connectivity index (χ4n) is 4.54. The lowest BCUT2D eigenvalue weighted by atomic mass is 10.0. The van der Waals surface area contributed by atoms with Gasteiger partial charge in [-0.25, -0.2) is 8.42 Å². The van der Waals surface area contributed by atoms with E-state index in [9.17, 15) is 18.0 Å². The predicted octanol–water partition coefficient (Wildman–Crippen LogP) is 5.05. The summed E-state index contributed by atoms with van der Waals surface area (Å²) in [5.74, 6) is -0.459. The molecule has 2 amide bonds. The standard InChI is InChI=1S/C32H41N3O4S/c1-23(2)27-16-18-29(19-17-27)35(40(6,38)39)22-31(36)34(21-28-15-11-10-12-25(28)5)30(32(37)33-24(3)4)20-26-13-8-7-9-14-26/h7-19,23-24,30H,20-22H2,1-6H3,(H,33,37)/t30-/m1/s1. The Labute approximate surface area is 239 Å². The molecule has 1 atom stereocenters. The lowest BCUT2D eigenvalue weighted by molar-refractivity contribution is -0.140. The molecular formula is C32H41N3O4S. The van der Waals surface area contributed by atoms with Crippen LogP contribution in [0.1, 0.15) is 55.9 Å². The van der Waals surface area contributed by atoms with Crippen molar-refractivity contribution < 1.29 is 18.0 Å². The Hall–Kier alpha value is -3.65. The van der Waals surface area contributed by atoms with Crippen molar-refractivity contribution in [2.45, 2.75) is 65.6 Å². The number of rotatable bonds is 12. The molecule has 0 unspecified atom stereocenters. The third kappa shape index (κ3) is 8.42. The van der Waals surface area contributed by atoms with E-state index < -0.39 is 28.5 Å². The maximum atomic E-state index is 14.1. The number of aryl methyl sites for hydroxylation is 1. The van der Waals surface area contributed by atoms with Gasteiger partial charge in [-0.05, 0) is 61.1 Å². The van der Waals surface area contributed by atoms with Crippen LogP contribution in [0.5, 0.6) is 0 Å². The number of sulfonamides is 1. The summed E-state index contributed by atoms with van der Waals surface area (Å²) in [5, 5.41) is 2.97. The van der Waals surface area contributed by atoms with E-state index >= 15 is 0 Å². The number of amides is 2. The number of carbonyl (C=O) groups excluding carboxylic acids is 2. The van der Waals surface area contributed by atoms with Crippen LogP contribution in [0.15, 0.2) is 78.9 Å². The summed E-state index contributed by atoms with van der Waals surface area (Å²) in [6, 6.07) is 23.5. The molecule has 0 heterocycles. The molecule has 1 N–H and O–H groups in total. The largest absolute Gasteiger partial charge is 0.352 e. The van der Waals surface area contributed by atoms with Crippen molar-refractivity contribution in [2.75, 3.05) is 17.1 Å². The van der Waals surface area contributed by atoms with E-state index in [1.807, 2.05) is 87.5 Å². The molecule has 0 spiro atoms. The first-order valence-corrected chi connectivity index (χ1v) is 15.5. The fraction of sp³-hybridized carbons (Fsp3) is 0.375. The van der Waals surface area contributed by atoms with Crippen molar-refractivity contribution in [3.63, 3.8) is 0 Å². The summed E-state index contributed by atoms with van der Waals surface area (Å²) in [7, 11) is -3.80. The van der Waals surface area contributed by atoms with E-state index in [-0.39, 0.29) is 24.4 Å². The summed E-state index contributed by atoms with van der Waals surface area (Å²) < 4.78 is 27.0. The topological polar surface area (TPSA) is 86.8 Å². The predicted molar refractivity (Wildman–Crippen MR) is 162 cm³/mol. The van der Waals surface area contributed by atoms with Crippen molar-refractivity contribution in [1.29, 1.82) is 0 Å². The molecule has 0 bridgehead atoms. The van der Waals surface area contributed by atoms with Gasteiger partial charge in [0.05, 0.1) is 11.9 Å². The molecule has 8 heteroatoms. The van der Waals surface area contributed by atoms with Gasteiger partial charge in [0.15, 0.2) is 0 Å². The minimum Gasteiger partial charge on any atom is -0.352 e. The Kier molecular flexibility index (Phi) is 10.5. The Morgan fingerprint density at radius 2 is 1.45 bits per heavy atom. The molecule has 0 fully saturated rings. The lowest BCUT2D eigenvalue weighted by Crippen LogP contribution is -2.54. The van der Waals surface area contributed by atoms with Crippen molar-refractivity contribution in [1.82, 2.24) is 10.2 Å². The first kappa shape index (κ1) is 30.9. The summed E-state index contributed by atoms with van der Waals surface area (Å²) in [5.41, 5.74) is 4.24. The van der Waals surface area contributed by atoms with Crippen LogP contribution in [0.25, 0.3) is 0 Å². The fourth-order valence-corrected chi connectivity index (χ4v) is 5.39. The van der Waals surface area contributed by atoms with Gasteiger partial charge in [0, 0.05) is 19.0 Å². The van der Waals surface area contributed by atoms with Crippen LogP contribution in [0.4, 0.5) is 5.69 Å². The zero-order valence-electron chi connectivity index (χ0n) is 24.3. The van der Waals surface area contributed by atoms with Crippen LogP contribution in [-0.2, 0) is 32.6 Å². The monoisotopic (exact) mass is 563 g/mol. The summed E-state index contributed by atoms with van der Waals surface area (Å²) in [6.07, 6.45) is 1.38. The van der Waals surface area contributed by atoms with Crippen molar-refractivity contribution in [3.05, 3.63) is 101 Å². The van der Waals surface area contributed by atoms with Gasteiger partial charge in [0.25, 0.3) is 0 Å². The SMILES string of the molecule is Cc1ccccc1CN(C(=O)CN(c1ccc(C(C)C)cc1)S(C)(=O)=O)[C@H](Cc1ccccc1)C(=O)NC(C)C. The van der Waals surface area contributed by atoms with Gasteiger partial charge < -0.3 is 10.2 Å². The molecule has 3 rings (SSSR count). The highest BCUT2D eigenvalue weighted by atomic mass is 32.2. The van der Waals surface area contributed by atoms with E-state index in [1.165, 1.54) is 4.90 Å². The number of nitrogens with one attached hydrogen (secondary N) is 1. The molecule has 40 heavy (non-hydrogen) atoms. The highest BCUT2D eigenvalue weighted by Crippen LogP contribution is 2.24. The average molecular weight is 564 g/mol. The molecule has 214 valence electrons. The Morgan fingerprint density at radius 3 is 2.00 bits per heavy atom. The molecule has 0 saturated heterocycles. The van der Waals surface area contributed by atoms with Crippen LogP contribution in [0.2, 0.25) is 0 Å². The van der Waals surface area contributed by atoms with Crippen LogP contribution < -0.4 is 9.62 Å². The number of hydrogen-bond acceptors (Lipinski definition) is 4. The Morgan fingerprint density at radius 1 is 0.850 bits per heavy atom. The molecule has 0 saturated carbocycles. The van der Waals surface area contributed by atoms with E-state index in [2.05, 4.69) is 19.2 Å². The quantitative estimate of drug-likeness (QED) is 0.334. The molecule has 3 aromatic rings. The summed E-state index contributed by atoms with van der Waals surface area (Å²) in [4.78, 5) is 29.2. The first-order chi connectivity index (χ1) is 18.9. The van der Waals surface area contributed by atoms with Crippen molar-refractivity contribution in [3.8, 4) is 0 Å². The zero-order chi connectivity index (χ0) is 29.4. The van der Waals surface area contributed by atoms with Crippen molar-refractivity contribution >= 4 is 27.5 Å². The van der Waals surface area contributed by atoms with Gasteiger partial charge in [-0.15, -0.1) is 0 Å². The number of benzene rings is 3. The van der Waals surface area contributed by atoms with Crippen LogP contribution in [-0.4, -0.2) is 50.0 Å². The van der Waals surface area contributed by atoms with Gasteiger partial charge in [-0.1, -0.05) is 80.6 Å². The van der Waals surface area contributed by atoms with Gasteiger partial charge in [-0.2, -0.15) is 0 Å². The minimum atomic E-state index is -3.80. The van der Waals surface area contributed by atoms with Gasteiger partial charge in [0.1, 0.15) is 12.6 Å². The molecule has 0 aliphatic carbocycles. The molecule has 0 aliphatic rings. The molecular weight excluding hydrogens is 522 g/mol. The van der Waals surface area contributed by atoms with Gasteiger partial charge in [-0.3, -0.25) is 13.9 Å². The van der Waals surface area contributed by atoms with Crippen LogP contribution in [0, 0.1) is 6.92 Å². The molecule has 7 nitrogen and oxygen atoms in total. The van der Waals surface area contributed by atoms with E-state index in [0.29, 0.717) is 12.1 Å². The normalized spacial score (nSPS) is 12.3. The molecule has 3 aromatic carbocycles. The number of hydrogen-bond donors (Lipinski definition) is 1. The number of nitrogens with zero attached hydrogens (tertiary/aromatic N) is 2. The van der Waals surface area contributed by atoms with Crippen molar-refractivity contribution in [2.24, 2.45) is 0 Å². The second-order valence-corrected chi connectivity index (χ2v) is 12.7. The molecule has 0 aliphatic heterocycles. The average Bonchev–Trinajstić information content (AvgIpc) is 2.89. The minimum absolute atomic E-state index is 0.131. The van der Waals surface area contributed by atoms with Gasteiger partial charge >= 0.3 is 0 Å². The maximum absolute atomic E-state index is 14.1. The number of carbonyl (C=O) groups is 2. The third-order valence-electron chi connectivity index (χ3n) is 6.83. The summed E-state index contributed by atoms with van der Waals surface area (Å²) >= 11 is 0. The molecule has 0 aromatic heterocycles. The first-order valence-electron chi connectivity index (χ1n) is 13.6. The maximum Gasteiger partial charge on any atom is 0.244 e. The Balaban J connectivity index is 2.05. The van der Waals surface area contributed by atoms with E-state index in [4.69, 9.17) is 0 Å². The smallest absolute Gasteiger partial charge is 0.244 e. The van der Waals surface area contributed by atoms with Gasteiger partial charge in [0.2, 0.25) is 21.8 Å². The highest BCUT2D eigenvalue weighted by Gasteiger charge is 2.33. The second kappa shape index (κ2) is 13.6. The second-order valence-electron chi connectivity index (χ2n) is 10.8. The summed E-state index contributed by atoms with van der Waals surface area (Å²) in [6.45, 7) is 9.56. The number of anilines is 1.